The fourth-order valence-electron chi connectivity index (χ4n) is 7.24. The van der Waals surface area contributed by atoms with Gasteiger partial charge in [0.05, 0.1) is 0 Å². The van der Waals surface area contributed by atoms with E-state index in [1.807, 2.05) is 60.7 Å². The molecule has 2 heterocycles. The van der Waals surface area contributed by atoms with Crippen LogP contribution in [-0.4, -0.2) is 15.0 Å². The van der Waals surface area contributed by atoms with Gasteiger partial charge < -0.3 is 4.42 Å². The van der Waals surface area contributed by atoms with E-state index in [0.29, 0.717) is 17.5 Å². The molecule has 0 amide bonds. The van der Waals surface area contributed by atoms with E-state index in [9.17, 15) is 0 Å². The van der Waals surface area contributed by atoms with Gasteiger partial charge in [-0.2, -0.15) is 0 Å². The van der Waals surface area contributed by atoms with Crippen LogP contribution in [0, 0.1) is 0 Å². The molecule has 51 heavy (non-hydrogen) atoms. The second-order valence-electron chi connectivity index (χ2n) is 12.6. The summed E-state index contributed by atoms with van der Waals surface area (Å²) in [5.74, 6) is 1.74. The number of rotatable bonds is 5. The van der Waals surface area contributed by atoms with Crippen molar-refractivity contribution in [2.75, 3.05) is 0 Å². The van der Waals surface area contributed by atoms with Crippen LogP contribution in [0.25, 0.3) is 94.1 Å². The Balaban J connectivity index is 1.30. The zero-order valence-electron chi connectivity index (χ0n) is 27.3. The zero-order valence-corrected chi connectivity index (χ0v) is 27.3. The Morgan fingerprint density at radius 3 is 1.88 bits per heavy atom. The molecular weight excluding hydrogens is 623 g/mol. The molecule has 4 nitrogen and oxygen atoms in total. The molecule has 0 spiro atoms. The van der Waals surface area contributed by atoms with Crippen LogP contribution >= 0.6 is 0 Å². The first-order chi connectivity index (χ1) is 25.3. The Hall–Kier alpha value is -7.09. The largest absolute Gasteiger partial charge is 0.455 e. The van der Waals surface area contributed by atoms with Crippen molar-refractivity contribution >= 4 is 49.1 Å². The number of hydrogen-bond acceptors (Lipinski definition) is 4. The third-order valence-corrected chi connectivity index (χ3v) is 9.60. The van der Waals surface area contributed by atoms with Crippen molar-refractivity contribution in [3.63, 3.8) is 0 Å². The van der Waals surface area contributed by atoms with Gasteiger partial charge in [-0.05, 0) is 74.7 Å². The van der Waals surface area contributed by atoms with Crippen LogP contribution in [0.5, 0.6) is 0 Å². The van der Waals surface area contributed by atoms with E-state index in [1.54, 1.807) is 0 Å². The molecule has 0 atom stereocenters. The van der Waals surface area contributed by atoms with Crippen LogP contribution in [0.3, 0.4) is 0 Å². The zero-order chi connectivity index (χ0) is 33.7. The van der Waals surface area contributed by atoms with Gasteiger partial charge in [0.1, 0.15) is 11.2 Å². The third-order valence-electron chi connectivity index (χ3n) is 9.60. The Labute approximate surface area is 293 Å². The summed E-state index contributed by atoms with van der Waals surface area (Å²) in [6.07, 6.45) is 5.63. The maximum absolute atomic E-state index is 6.88. The average molecular weight is 650 g/mol. The van der Waals surface area contributed by atoms with Gasteiger partial charge in [0, 0.05) is 33.0 Å². The highest BCUT2D eigenvalue weighted by Crippen LogP contribution is 2.45. The molecule has 0 bridgehead atoms. The van der Waals surface area contributed by atoms with Gasteiger partial charge in [-0.25, -0.2) is 15.0 Å². The number of benzene rings is 7. The van der Waals surface area contributed by atoms with Gasteiger partial charge in [0.15, 0.2) is 17.5 Å². The molecule has 4 heteroatoms. The van der Waals surface area contributed by atoms with Crippen LogP contribution in [0.2, 0.25) is 0 Å². The molecule has 2 aromatic heterocycles. The third kappa shape index (κ3) is 4.91. The Morgan fingerprint density at radius 1 is 0.451 bits per heavy atom. The molecule has 9 aromatic rings. The van der Waals surface area contributed by atoms with Crippen molar-refractivity contribution in [3.05, 3.63) is 181 Å². The summed E-state index contributed by atoms with van der Waals surface area (Å²) >= 11 is 0. The lowest BCUT2D eigenvalue weighted by molar-refractivity contribution is 0.670. The second-order valence-corrected chi connectivity index (χ2v) is 12.6. The summed E-state index contributed by atoms with van der Waals surface area (Å²) < 4.78 is 6.88. The first-order valence-corrected chi connectivity index (χ1v) is 16.9. The molecule has 0 saturated heterocycles. The number of fused-ring (bicyclic) bond motifs is 5. The SMILES string of the molecule is C1=C=CC(c2nc(-c3ccccc3)nc(-c3cccc4oc5c(-c6cccc7ccccc67)cc(-c6cccc7ccccc67)cc5c34)n2)=CC=1. The molecule has 236 valence electrons. The lowest BCUT2D eigenvalue weighted by atomic mass is 9.91. The van der Waals surface area contributed by atoms with Gasteiger partial charge in [-0.3, -0.25) is 0 Å². The molecule has 0 unspecified atom stereocenters. The summed E-state index contributed by atoms with van der Waals surface area (Å²) in [6.45, 7) is 0. The average Bonchev–Trinajstić information content (AvgIpc) is 3.59. The monoisotopic (exact) mass is 649 g/mol. The van der Waals surface area contributed by atoms with E-state index in [-0.39, 0.29) is 0 Å². The second kappa shape index (κ2) is 11.8. The molecule has 10 rings (SSSR count). The smallest absolute Gasteiger partial charge is 0.164 e. The lowest BCUT2D eigenvalue weighted by Crippen LogP contribution is -2.02. The number of allylic oxidation sites excluding steroid dienone is 4. The Kier molecular flexibility index (Phi) is 6.68. The predicted octanol–water partition coefficient (Wildman–Crippen LogP) is 12.0. The summed E-state index contributed by atoms with van der Waals surface area (Å²) in [5.41, 5.74) is 14.7. The van der Waals surface area contributed by atoms with E-state index in [2.05, 4.69) is 115 Å². The quantitative estimate of drug-likeness (QED) is 0.174. The molecule has 0 radical (unpaired) electrons. The normalized spacial score (nSPS) is 12.4. The number of hydrogen-bond donors (Lipinski definition) is 0. The van der Waals surface area contributed by atoms with Gasteiger partial charge in [0.25, 0.3) is 0 Å². The summed E-state index contributed by atoms with van der Waals surface area (Å²) in [4.78, 5) is 15.1. The first kappa shape index (κ1) is 28.9. The fourth-order valence-corrected chi connectivity index (χ4v) is 7.24. The topological polar surface area (TPSA) is 51.8 Å². The van der Waals surface area contributed by atoms with E-state index >= 15 is 0 Å². The standard InChI is InChI=1S/C47H27N3O/c1-3-16-32(17-4-1)45-48-46(33-18-5-2-6-19-33)50-47(49-45)39-26-13-27-42-43(39)41-29-34(37-24-11-20-30-14-7-9-22-35(30)37)28-40(44(41)51-42)38-25-12-21-31-15-8-10-23-36(31)38/h1,3-5,7-29H. The molecule has 1 aliphatic carbocycles. The highest BCUT2D eigenvalue weighted by molar-refractivity contribution is 6.18. The Morgan fingerprint density at radius 2 is 1.10 bits per heavy atom. The maximum Gasteiger partial charge on any atom is 0.164 e. The highest BCUT2D eigenvalue weighted by Gasteiger charge is 2.22. The summed E-state index contributed by atoms with van der Waals surface area (Å²) in [6, 6.07) is 50.8. The molecule has 0 fully saturated rings. The Bertz CT molecular complexity index is 2980. The summed E-state index contributed by atoms with van der Waals surface area (Å²) in [7, 11) is 0. The molecule has 0 N–H and O–H groups in total. The molecule has 0 saturated carbocycles. The molecule has 0 aliphatic heterocycles. The number of furan rings is 1. The predicted molar refractivity (Wildman–Crippen MR) is 208 cm³/mol. The van der Waals surface area contributed by atoms with Crippen molar-refractivity contribution in [3.8, 4) is 45.0 Å². The summed E-state index contributed by atoms with van der Waals surface area (Å²) in [5, 5.41) is 6.70. The number of nitrogens with zero attached hydrogens (tertiary/aromatic N) is 3. The van der Waals surface area contributed by atoms with Crippen molar-refractivity contribution in [1.82, 2.24) is 15.0 Å². The molecular formula is C47H27N3O. The van der Waals surface area contributed by atoms with Crippen molar-refractivity contribution in [2.45, 2.75) is 0 Å². The maximum atomic E-state index is 6.88. The van der Waals surface area contributed by atoms with E-state index < -0.39 is 0 Å². The van der Waals surface area contributed by atoms with E-state index in [1.165, 1.54) is 21.5 Å². The molecule has 1 aliphatic rings. The van der Waals surface area contributed by atoms with Crippen LogP contribution in [0.4, 0.5) is 0 Å². The van der Waals surface area contributed by atoms with Gasteiger partial charge in [-0.15, -0.1) is 0 Å². The van der Waals surface area contributed by atoms with Crippen molar-refractivity contribution in [2.24, 2.45) is 0 Å². The van der Waals surface area contributed by atoms with Gasteiger partial charge in [-0.1, -0.05) is 139 Å². The van der Waals surface area contributed by atoms with E-state index in [4.69, 9.17) is 19.4 Å². The minimum absolute atomic E-state index is 0.571. The van der Waals surface area contributed by atoms with Crippen LogP contribution < -0.4 is 0 Å². The van der Waals surface area contributed by atoms with Gasteiger partial charge >= 0.3 is 0 Å². The van der Waals surface area contributed by atoms with E-state index in [0.717, 1.165) is 60.9 Å². The van der Waals surface area contributed by atoms with Crippen LogP contribution in [-0.2, 0) is 0 Å². The van der Waals surface area contributed by atoms with Crippen molar-refractivity contribution < 1.29 is 4.42 Å². The number of aromatic nitrogens is 3. The van der Waals surface area contributed by atoms with Crippen LogP contribution in [0.1, 0.15) is 5.82 Å². The minimum Gasteiger partial charge on any atom is -0.455 e. The lowest BCUT2D eigenvalue weighted by Gasteiger charge is -2.13. The fraction of sp³-hybridized carbons (Fsp3) is 0. The van der Waals surface area contributed by atoms with Crippen LogP contribution in [0.15, 0.2) is 180 Å². The van der Waals surface area contributed by atoms with Crippen molar-refractivity contribution in [1.29, 1.82) is 0 Å². The highest BCUT2D eigenvalue weighted by atomic mass is 16.3. The van der Waals surface area contributed by atoms with Gasteiger partial charge in [0.2, 0.25) is 0 Å². The minimum atomic E-state index is 0.571. The first-order valence-electron chi connectivity index (χ1n) is 16.9. The molecule has 7 aromatic carbocycles.